The van der Waals surface area contributed by atoms with Crippen LogP contribution in [0, 0.1) is 30.3 Å². The van der Waals surface area contributed by atoms with Crippen LogP contribution in [0.4, 0.5) is 43.8 Å². The van der Waals surface area contributed by atoms with Crippen molar-refractivity contribution in [1.82, 2.24) is 29.8 Å². The van der Waals surface area contributed by atoms with E-state index in [0.29, 0.717) is 4.47 Å². The van der Waals surface area contributed by atoms with Gasteiger partial charge in [0.05, 0.1) is 23.7 Å². The maximum absolute atomic E-state index is 12.0. The zero-order chi connectivity index (χ0) is 31.5. The molecule has 3 heterocycles. The Morgan fingerprint density at radius 3 is 1.67 bits per heavy atom. The molecular formula is C15H15Br3ClF6N9O8. The van der Waals surface area contributed by atoms with Crippen molar-refractivity contribution >= 4 is 82.8 Å². The van der Waals surface area contributed by atoms with E-state index < -0.39 is 50.9 Å². The molecule has 0 aliphatic heterocycles. The van der Waals surface area contributed by atoms with Gasteiger partial charge in [-0.3, -0.25) is 0 Å². The van der Waals surface area contributed by atoms with Gasteiger partial charge in [0.25, 0.3) is 0 Å². The molecule has 238 valence electrons. The first-order valence-electron chi connectivity index (χ1n) is 8.68. The number of aromatic amines is 1. The third-order valence-electron chi connectivity index (χ3n) is 3.13. The Balaban J connectivity index is -0.000000485. The summed E-state index contributed by atoms with van der Waals surface area (Å²) in [5.41, 5.74) is 0. The fourth-order valence-electron chi connectivity index (χ4n) is 1.62. The van der Waals surface area contributed by atoms with Crippen LogP contribution in [0.25, 0.3) is 0 Å². The summed E-state index contributed by atoms with van der Waals surface area (Å²) in [5, 5.41) is 45.3. The highest BCUT2D eigenvalue weighted by atomic mass is 79.9. The van der Waals surface area contributed by atoms with Crippen LogP contribution in [-0.2, 0) is 4.79 Å². The molecule has 0 radical (unpaired) electrons. The van der Waals surface area contributed by atoms with Gasteiger partial charge >= 0.3 is 41.9 Å². The van der Waals surface area contributed by atoms with Crippen LogP contribution in [0.15, 0.2) is 32.0 Å². The number of nitrogens with zero attached hydrogens (tertiary/aromatic N) is 8. The molecule has 0 spiro atoms. The normalized spacial score (nSPS) is 10.0. The number of nitro groups is 3. The Labute approximate surface area is 258 Å². The first kappa shape index (κ1) is 43.1. The van der Waals surface area contributed by atoms with Crippen LogP contribution in [0.2, 0.25) is 0 Å². The van der Waals surface area contributed by atoms with Crippen molar-refractivity contribution in [2.75, 3.05) is 0 Å². The molecule has 3 rings (SSSR count). The number of carbonyl (C=O) groups is 1. The lowest BCUT2D eigenvalue weighted by Crippen LogP contribution is -2.19. The third-order valence-corrected chi connectivity index (χ3v) is 4.99. The minimum absolute atomic E-state index is 0. The molecule has 0 aliphatic carbocycles. The lowest BCUT2D eigenvalue weighted by atomic mass is 10.6. The van der Waals surface area contributed by atoms with Crippen molar-refractivity contribution in [1.29, 1.82) is 0 Å². The first-order chi connectivity index (χ1) is 18.2. The van der Waals surface area contributed by atoms with Crippen LogP contribution >= 0.6 is 59.4 Å². The molecule has 0 unspecified atom stereocenters. The van der Waals surface area contributed by atoms with Gasteiger partial charge in [-0.1, -0.05) is 29.7 Å². The molecule has 0 amide bonds. The summed E-state index contributed by atoms with van der Waals surface area (Å²) in [5.74, 6) is -3.80. The predicted octanol–water partition coefficient (Wildman–Crippen LogP) is 7.15. The highest BCUT2D eigenvalue weighted by molar-refractivity contribution is 9.11. The summed E-state index contributed by atoms with van der Waals surface area (Å²) in [6.07, 6.45) is 3.13. The molecule has 2 N–H and O–H groups in total. The minimum Gasteiger partial charge on any atom is -0.476 e. The standard InChI is InChI=1S/2C4H2BrF2N3O2.C3H2BrN3O2.C2HClF2O2.2CH4/c5-2-1-9(4(6)7)8-3(2)10(11)12;5-2-1-8-9(4(6)7)3(2)10(11)12;4-2-1-5-6-3(2)7(8)9;3-2(4,5)1(6)7;;/h2*1,4H;1H,(H,5,6);(H,6,7);2*1H4. The molecule has 27 heteroatoms. The number of aromatic nitrogens is 6. The largest absolute Gasteiger partial charge is 0.476 e. The van der Waals surface area contributed by atoms with Gasteiger partial charge in [0.2, 0.25) is 0 Å². The fraction of sp³-hybridized carbons (Fsp3) is 0.333. The maximum Gasteiger partial charge on any atom is 0.417 e. The van der Waals surface area contributed by atoms with Gasteiger partial charge < -0.3 is 35.4 Å². The highest BCUT2D eigenvalue weighted by Gasteiger charge is 2.35. The van der Waals surface area contributed by atoms with E-state index in [0.717, 1.165) is 12.4 Å². The van der Waals surface area contributed by atoms with E-state index in [1.54, 1.807) is 0 Å². The first-order valence-corrected chi connectivity index (χ1v) is 11.4. The lowest BCUT2D eigenvalue weighted by Gasteiger charge is -1.96. The second-order valence-corrected chi connectivity index (χ2v) is 8.78. The minimum atomic E-state index is -4.11. The van der Waals surface area contributed by atoms with Crippen molar-refractivity contribution in [3.05, 3.63) is 62.4 Å². The van der Waals surface area contributed by atoms with E-state index in [4.69, 9.17) is 9.90 Å². The van der Waals surface area contributed by atoms with Gasteiger partial charge in [0.15, 0.2) is 0 Å². The lowest BCUT2D eigenvalue weighted by molar-refractivity contribution is -0.395. The summed E-state index contributed by atoms with van der Waals surface area (Å²) in [6.45, 7) is -5.87. The van der Waals surface area contributed by atoms with Crippen molar-refractivity contribution in [3.63, 3.8) is 0 Å². The smallest absolute Gasteiger partial charge is 0.417 e. The monoisotopic (exact) mass is 835 g/mol. The Kier molecular flexibility index (Phi) is 19.4. The molecule has 0 bridgehead atoms. The van der Waals surface area contributed by atoms with Gasteiger partial charge in [-0.15, -0.1) is 9.78 Å². The molecule has 42 heavy (non-hydrogen) atoms. The van der Waals surface area contributed by atoms with Crippen molar-refractivity contribution < 1.29 is 51.0 Å². The topological polar surface area (TPSA) is 231 Å². The second-order valence-electron chi connectivity index (χ2n) is 5.74. The predicted molar refractivity (Wildman–Crippen MR) is 141 cm³/mol. The number of aliphatic carboxylic acids is 1. The van der Waals surface area contributed by atoms with Crippen molar-refractivity contribution in [2.45, 2.75) is 33.3 Å². The number of alkyl halides is 7. The summed E-state index contributed by atoms with van der Waals surface area (Å²) in [7, 11) is 0. The molecule has 0 aromatic carbocycles. The molecule has 0 atom stereocenters. The number of rotatable bonds is 6. The van der Waals surface area contributed by atoms with Crippen LogP contribution in [0.5, 0.6) is 0 Å². The van der Waals surface area contributed by atoms with E-state index >= 15 is 0 Å². The van der Waals surface area contributed by atoms with Gasteiger partial charge in [0, 0.05) is 0 Å². The average molecular weight is 838 g/mol. The molecule has 0 aliphatic rings. The number of halogens is 10. The second kappa shape index (κ2) is 18.9. The Morgan fingerprint density at radius 1 is 0.952 bits per heavy atom. The molecule has 0 saturated heterocycles. The van der Waals surface area contributed by atoms with E-state index in [1.807, 2.05) is 0 Å². The van der Waals surface area contributed by atoms with Crippen molar-refractivity contribution in [3.8, 4) is 0 Å². The number of hydrogen-bond acceptors (Lipinski definition) is 10. The highest BCUT2D eigenvalue weighted by Crippen LogP contribution is 2.28. The fourth-order valence-corrected chi connectivity index (χ4v) is 2.81. The number of carboxylic acids is 1. The van der Waals surface area contributed by atoms with E-state index in [1.165, 1.54) is 6.20 Å². The van der Waals surface area contributed by atoms with Gasteiger partial charge in [0.1, 0.15) is 13.4 Å². The number of H-pyrrole nitrogens is 1. The molecule has 3 aromatic rings. The van der Waals surface area contributed by atoms with Crippen LogP contribution in [-0.4, -0.2) is 61.0 Å². The van der Waals surface area contributed by atoms with Gasteiger partial charge in [-0.25, -0.2) is 4.79 Å². The van der Waals surface area contributed by atoms with Gasteiger partial charge in [-0.2, -0.15) is 26.3 Å². The van der Waals surface area contributed by atoms with Crippen LogP contribution in [0.1, 0.15) is 28.0 Å². The molecular weight excluding hydrogens is 823 g/mol. The van der Waals surface area contributed by atoms with E-state index in [2.05, 4.69) is 79.8 Å². The Bertz CT molecular complexity index is 1340. The number of nitrogens with one attached hydrogen (secondary N) is 1. The number of carboxylic acid groups (broad SMARTS) is 1. The molecule has 3 aromatic heterocycles. The summed E-state index contributed by atoms with van der Waals surface area (Å²) < 4.78 is 70.2. The molecule has 0 saturated carbocycles. The van der Waals surface area contributed by atoms with Crippen LogP contribution in [0.3, 0.4) is 0 Å². The molecule has 17 nitrogen and oxygen atoms in total. The van der Waals surface area contributed by atoms with Gasteiger partial charge in [-0.05, 0) is 74.2 Å². The average Bonchev–Trinajstić information content (AvgIpc) is 3.52. The SMILES string of the molecule is C.C.O=C(O)C(F)(F)Cl.O=[N+]([O-])c1[nH]ncc1Br.O=[N+]([O-])c1c(Br)cnn1C(F)F.O=[N+]([O-])c1nn(C(F)F)cc1Br. The van der Waals surface area contributed by atoms with Crippen molar-refractivity contribution in [2.24, 2.45) is 0 Å². The van der Waals surface area contributed by atoms with E-state index in [9.17, 15) is 56.7 Å². The maximum atomic E-state index is 12.0. The Morgan fingerprint density at radius 2 is 1.45 bits per heavy atom. The molecule has 0 fully saturated rings. The zero-order valence-corrected chi connectivity index (χ0v) is 23.6. The number of hydrogen-bond donors (Lipinski definition) is 2. The van der Waals surface area contributed by atoms with Crippen LogP contribution < -0.4 is 0 Å². The zero-order valence-electron chi connectivity index (χ0n) is 18.0. The quantitative estimate of drug-likeness (QED) is 0.110. The summed E-state index contributed by atoms with van der Waals surface area (Å²) in [6, 6.07) is 0. The summed E-state index contributed by atoms with van der Waals surface area (Å²) in [4.78, 5) is 37.1. The van der Waals surface area contributed by atoms with E-state index in [-0.39, 0.29) is 39.0 Å². The Hall–Kier alpha value is -3.39. The third kappa shape index (κ3) is 14.0. The summed E-state index contributed by atoms with van der Waals surface area (Å²) >= 11 is 12.3.